The van der Waals surface area contributed by atoms with E-state index in [0.717, 1.165) is 84.3 Å². The average molecular weight is 848 g/mol. The molecular weight excluding hydrogens is 806 g/mol. The van der Waals surface area contributed by atoms with Gasteiger partial charge in [0.2, 0.25) is 0 Å². The lowest BCUT2D eigenvalue weighted by atomic mass is 9.99. The van der Waals surface area contributed by atoms with Crippen molar-refractivity contribution < 1.29 is 27.6 Å². The van der Waals surface area contributed by atoms with Crippen molar-refractivity contribution in [3.05, 3.63) is 136 Å². The van der Waals surface area contributed by atoms with Crippen LogP contribution in [0.15, 0.2) is 114 Å². The van der Waals surface area contributed by atoms with Gasteiger partial charge in [0, 0.05) is 67.2 Å². The van der Waals surface area contributed by atoms with Crippen LogP contribution in [0.5, 0.6) is 11.5 Å². The third kappa shape index (κ3) is 8.13. The maximum atomic E-state index is 13.9. The number of sulfonamides is 1. The van der Waals surface area contributed by atoms with Gasteiger partial charge in [0.25, 0.3) is 21.6 Å². The molecule has 2 aromatic heterocycles. The smallest absolute Gasteiger partial charge is 0.293 e. The van der Waals surface area contributed by atoms with E-state index >= 15 is 0 Å². The number of aromatic amines is 1. The number of H-pyrrole nitrogens is 1. The van der Waals surface area contributed by atoms with E-state index in [9.17, 15) is 23.3 Å². The number of carbonyl (C=O) groups is 1. The zero-order valence-corrected chi connectivity index (χ0v) is 34.0. The van der Waals surface area contributed by atoms with Crippen molar-refractivity contribution in [1.82, 2.24) is 19.6 Å². The Morgan fingerprint density at radius 3 is 2.52 bits per heavy atom. The zero-order valence-electron chi connectivity index (χ0n) is 32.4. The van der Waals surface area contributed by atoms with E-state index in [2.05, 4.69) is 48.0 Å². The molecule has 3 aliphatic heterocycles. The van der Waals surface area contributed by atoms with Crippen molar-refractivity contribution >= 4 is 55.6 Å². The molecule has 1 amide bonds. The van der Waals surface area contributed by atoms with Crippen molar-refractivity contribution in [2.45, 2.75) is 48.7 Å². The third-order valence-electron chi connectivity index (χ3n) is 11.6. The fourth-order valence-electron chi connectivity index (χ4n) is 8.43. The van der Waals surface area contributed by atoms with Gasteiger partial charge in [-0.3, -0.25) is 19.8 Å². The molecule has 9 rings (SSSR count). The molecule has 4 aromatic carbocycles. The number of nitro benzene ring substituents is 1. The Hall–Kier alpha value is -6.00. The molecule has 3 N–H and O–H groups in total. The lowest BCUT2D eigenvalue weighted by Crippen LogP contribution is -2.59. The Morgan fingerprint density at radius 2 is 1.73 bits per heavy atom. The van der Waals surface area contributed by atoms with Crippen LogP contribution in [0.3, 0.4) is 0 Å². The van der Waals surface area contributed by atoms with Crippen LogP contribution >= 0.6 is 11.6 Å². The van der Waals surface area contributed by atoms with Gasteiger partial charge in [-0.05, 0) is 97.0 Å². The quantitative estimate of drug-likeness (QED) is 0.0799. The van der Waals surface area contributed by atoms with E-state index in [1.165, 1.54) is 24.4 Å². The molecule has 0 aliphatic carbocycles. The number of nitro groups is 1. The van der Waals surface area contributed by atoms with Gasteiger partial charge < -0.3 is 24.7 Å². The zero-order chi connectivity index (χ0) is 41.4. The number of rotatable bonds is 12. The SMILES string of the molecule is O=C(NS(=O)(=O)c1ccc(NC2CN(C3CCOCC3)C2)c([N+](=O)[O-])c1)c1ccc(-c2ccc(N3CCCC3c3ccccc3Cl)cc2)cc1Oc1cnc2[nH]ccc2c1. The Kier molecular flexibility index (Phi) is 10.9. The first-order valence-corrected chi connectivity index (χ1v) is 21.8. The average Bonchev–Trinajstić information content (AvgIpc) is 3.93. The number of ether oxygens (including phenoxy) is 2. The first-order chi connectivity index (χ1) is 29.1. The molecule has 3 saturated heterocycles. The Bertz CT molecular complexity index is 2680. The Balaban J connectivity index is 0.957. The van der Waals surface area contributed by atoms with Crippen molar-refractivity contribution in [2.24, 2.45) is 0 Å². The van der Waals surface area contributed by atoms with Gasteiger partial charge in [-0.2, -0.15) is 0 Å². The number of carbonyl (C=O) groups excluding carboxylic acids is 1. The molecule has 1 unspecified atom stereocenters. The van der Waals surface area contributed by atoms with Crippen LogP contribution in [0.2, 0.25) is 5.02 Å². The van der Waals surface area contributed by atoms with E-state index in [4.69, 9.17) is 21.1 Å². The van der Waals surface area contributed by atoms with Crippen LogP contribution in [-0.2, 0) is 14.8 Å². The number of amides is 1. The molecule has 0 radical (unpaired) electrons. The summed E-state index contributed by atoms with van der Waals surface area (Å²) in [6.45, 7) is 3.76. The minimum Gasteiger partial charge on any atom is -0.455 e. The van der Waals surface area contributed by atoms with Gasteiger partial charge in [0.15, 0.2) is 0 Å². The lowest BCUT2D eigenvalue weighted by molar-refractivity contribution is -0.384. The minimum atomic E-state index is -4.57. The van der Waals surface area contributed by atoms with Crippen LogP contribution in [0, 0.1) is 10.1 Å². The standard InChI is InChI=1S/C44H42ClN7O7S/c45-38-5-2-1-4-36(38)40-6-3-19-51(40)33-10-7-28(8-11-33)29-9-13-37(42(23-29)59-34-22-30-15-18-46-43(30)47-25-34)44(53)49-60(56,57)35-12-14-39(41(24-35)52(54)55)48-31-26-50(27-31)32-16-20-58-21-17-32/h1-2,4-5,7-15,18,22-25,31-32,40,48H,3,6,16-17,19-21,26-27H2,(H,46,47)(H,49,53). The van der Waals surface area contributed by atoms with Crippen molar-refractivity contribution in [2.75, 3.05) is 43.1 Å². The van der Waals surface area contributed by atoms with Gasteiger partial charge in [-0.15, -0.1) is 0 Å². The number of halogens is 1. The molecule has 14 nitrogen and oxygen atoms in total. The number of nitrogens with zero attached hydrogens (tertiary/aromatic N) is 4. The van der Waals surface area contributed by atoms with E-state index in [1.807, 2.05) is 36.4 Å². The van der Waals surface area contributed by atoms with Crippen LogP contribution in [0.25, 0.3) is 22.2 Å². The highest BCUT2D eigenvalue weighted by Crippen LogP contribution is 2.40. The number of nitrogens with one attached hydrogen (secondary N) is 3. The second-order valence-corrected chi connectivity index (χ2v) is 17.4. The maximum Gasteiger partial charge on any atom is 0.293 e. The van der Waals surface area contributed by atoms with Gasteiger partial charge >= 0.3 is 0 Å². The Morgan fingerprint density at radius 1 is 0.950 bits per heavy atom. The number of anilines is 2. The lowest BCUT2D eigenvalue weighted by Gasteiger charge is -2.46. The summed E-state index contributed by atoms with van der Waals surface area (Å²) in [5.41, 5.74) is 4.08. The fraction of sp³-hybridized carbons (Fsp3) is 0.273. The number of hydrogen-bond donors (Lipinski definition) is 3. The second-order valence-electron chi connectivity index (χ2n) is 15.3. The normalized spacial score (nSPS) is 17.7. The first-order valence-electron chi connectivity index (χ1n) is 19.9. The molecule has 0 spiro atoms. The highest BCUT2D eigenvalue weighted by molar-refractivity contribution is 7.90. The molecule has 3 fully saturated rings. The van der Waals surface area contributed by atoms with Crippen LogP contribution < -0.4 is 19.7 Å². The third-order valence-corrected chi connectivity index (χ3v) is 13.2. The molecule has 16 heteroatoms. The van der Waals surface area contributed by atoms with E-state index in [0.29, 0.717) is 30.5 Å². The first kappa shape index (κ1) is 39.5. The van der Waals surface area contributed by atoms with Gasteiger partial charge in [0.1, 0.15) is 22.8 Å². The summed E-state index contributed by atoms with van der Waals surface area (Å²) < 4.78 is 41.2. The van der Waals surface area contributed by atoms with Crippen LogP contribution in [-0.4, -0.2) is 79.0 Å². The second kappa shape index (κ2) is 16.6. The van der Waals surface area contributed by atoms with Crippen LogP contribution in [0.1, 0.15) is 47.6 Å². The van der Waals surface area contributed by atoms with Gasteiger partial charge in [0.05, 0.1) is 33.7 Å². The van der Waals surface area contributed by atoms with Gasteiger partial charge in [-0.1, -0.05) is 48.0 Å². The molecule has 5 heterocycles. The predicted octanol–water partition coefficient (Wildman–Crippen LogP) is 8.32. The topological polar surface area (TPSA) is 172 Å². The van der Waals surface area contributed by atoms with E-state index < -0.39 is 31.4 Å². The number of aromatic nitrogens is 2. The van der Waals surface area contributed by atoms with Crippen LogP contribution in [0.4, 0.5) is 17.1 Å². The molecular formula is C44H42ClN7O7S. The molecule has 0 bridgehead atoms. The van der Waals surface area contributed by atoms with Crippen molar-refractivity contribution in [1.29, 1.82) is 0 Å². The molecule has 3 aliphatic rings. The summed E-state index contributed by atoms with van der Waals surface area (Å²) in [4.78, 5) is 37.1. The number of hydrogen-bond acceptors (Lipinski definition) is 11. The molecule has 6 aromatic rings. The summed E-state index contributed by atoms with van der Waals surface area (Å²) in [6.07, 6.45) is 7.18. The predicted molar refractivity (Wildman–Crippen MR) is 229 cm³/mol. The monoisotopic (exact) mass is 847 g/mol. The maximum absolute atomic E-state index is 13.9. The summed E-state index contributed by atoms with van der Waals surface area (Å²) in [5, 5.41) is 16.9. The van der Waals surface area contributed by atoms with Crippen molar-refractivity contribution in [3.8, 4) is 22.6 Å². The Labute approximate surface area is 351 Å². The summed E-state index contributed by atoms with van der Waals surface area (Å²) in [6, 6.07) is 28.6. The van der Waals surface area contributed by atoms with Gasteiger partial charge in [-0.25, -0.2) is 18.1 Å². The molecule has 0 saturated carbocycles. The highest BCUT2D eigenvalue weighted by Gasteiger charge is 2.35. The van der Waals surface area contributed by atoms with E-state index in [-0.39, 0.29) is 29.1 Å². The number of fused-ring (bicyclic) bond motifs is 1. The summed E-state index contributed by atoms with van der Waals surface area (Å²) in [7, 11) is -4.57. The molecule has 60 heavy (non-hydrogen) atoms. The molecule has 308 valence electrons. The van der Waals surface area contributed by atoms with E-state index in [1.54, 1.807) is 24.4 Å². The largest absolute Gasteiger partial charge is 0.455 e. The number of benzene rings is 4. The fourth-order valence-corrected chi connectivity index (χ4v) is 9.67. The number of likely N-dealkylation sites (tertiary alicyclic amines) is 1. The summed E-state index contributed by atoms with van der Waals surface area (Å²) in [5.74, 6) is -0.568. The summed E-state index contributed by atoms with van der Waals surface area (Å²) >= 11 is 6.59. The molecule has 1 atom stereocenters. The minimum absolute atomic E-state index is 0.0297. The highest BCUT2D eigenvalue weighted by atomic mass is 35.5. The number of pyridine rings is 1. The van der Waals surface area contributed by atoms with Crippen molar-refractivity contribution in [3.63, 3.8) is 0 Å².